The van der Waals surface area contributed by atoms with E-state index in [2.05, 4.69) is 21.2 Å². The van der Waals surface area contributed by atoms with Crippen molar-refractivity contribution in [3.63, 3.8) is 0 Å². The molecule has 1 atom stereocenters. The maximum Gasteiger partial charge on any atom is 0.259 e. The third-order valence-electron chi connectivity index (χ3n) is 4.22. The molecule has 0 aliphatic heterocycles. The molecule has 0 fully saturated rings. The van der Waals surface area contributed by atoms with Crippen molar-refractivity contribution in [2.24, 2.45) is 0 Å². The van der Waals surface area contributed by atoms with Crippen molar-refractivity contribution in [1.29, 1.82) is 0 Å². The van der Waals surface area contributed by atoms with Gasteiger partial charge in [0, 0.05) is 16.1 Å². The van der Waals surface area contributed by atoms with Crippen LogP contribution in [0.15, 0.2) is 29.1 Å². The number of aromatic nitrogens is 2. The summed E-state index contributed by atoms with van der Waals surface area (Å²) in [7, 11) is 0. The van der Waals surface area contributed by atoms with Gasteiger partial charge in [-0.05, 0) is 44.5 Å². The van der Waals surface area contributed by atoms with Crippen LogP contribution in [0.25, 0.3) is 10.2 Å². The third kappa shape index (κ3) is 4.24. The summed E-state index contributed by atoms with van der Waals surface area (Å²) in [6, 6.07) is 7.16. The minimum absolute atomic E-state index is 0.124. The zero-order valence-corrected chi connectivity index (χ0v) is 16.9. The molecular weight excluding hydrogens is 378 g/mol. The molecule has 0 spiro atoms. The first-order valence-corrected chi connectivity index (χ1v) is 10.2. The van der Waals surface area contributed by atoms with Gasteiger partial charge in [0.2, 0.25) is 5.91 Å². The molecule has 3 rings (SSSR count). The Morgan fingerprint density at radius 3 is 2.96 bits per heavy atom. The zero-order valence-electron chi connectivity index (χ0n) is 15.3. The standard InChI is InChI=1S/C20H19N3O2S2/c1-5-14-7-6-8-15(9-14)21-18(24)13(4)26-10-16-22-19(25)17-11(2)12(3)27-20(17)23-16/h1,6-9,13H,10H2,2-4H3,(H,21,24)(H,22,23,25). The highest BCUT2D eigenvalue weighted by Gasteiger charge is 2.16. The molecule has 2 aromatic heterocycles. The van der Waals surface area contributed by atoms with Crippen molar-refractivity contribution in [3.8, 4) is 12.3 Å². The fourth-order valence-electron chi connectivity index (χ4n) is 2.58. The molecule has 138 valence electrons. The smallest absolute Gasteiger partial charge is 0.259 e. The summed E-state index contributed by atoms with van der Waals surface area (Å²) in [6.07, 6.45) is 5.38. The predicted octanol–water partition coefficient (Wildman–Crippen LogP) is 3.84. The average Bonchev–Trinajstić information content (AvgIpc) is 2.94. The summed E-state index contributed by atoms with van der Waals surface area (Å²) in [5.74, 6) is 3.44. The lowest BCUT2D eigenvalue weighted by Crippen LogP contribution is -2.23. The first-order chi connectivity index (χ1) is 12.9. The molecule has 0 bridgehead atoms. The van der Waals surface area contributed by atoms with E-state index in [9.17, 15) is 9.59 Å². The van der Waals surface area contributed by atoms with Gasteiger partial charge in [0.05, 0.1) is 16.4 Å². The quantitative estimate of drug-likeness (QED) is 0.642. The maximum absolute atomic E-state index is 12.4. The summed E-state index contributed by atoms with van der Waals surface area (Å²) in [4.78, 5) is 33.9. The Balaban J connectivity index is 1.67. The van der Waals surface area contributed by atoms with Gasteiger partial charge in [0.15, 0.2) is 0 Å². The Morgan fingerprint density at radius 1 is 1.44 bits per heavy atom. The van der Waals surface area contributed by atoms with Crippen molar-refractivity contribution in [3.05, 3.63) is 56.4 Å². The largest absolute Gasteiger partial charge is 0.325 e. The van der Waals surface area contributed by atoms with E-state index in [1.54, 1.807) is 24.3 Å². The first kappa shape index (κ1) is 19.2. The number of fused-ring (bicyclic) bond motifs is 1. The number of hydrogen-bond donors (Lipinski definition) is 2. The number of nitrogens with zero attached hydrogens (tertiary/aromatic N) is 1. The number of anilines is 1. The van der Waals surface area contributed by atoms with Gasteiger partial charge in [0.25, 0.3) is 5.56 Å². The molecule has 0 aliphatic carbocycles. The van der Waals surface area contributed by atoms with Crippen LogP contribution in [0, 0.1) is 26.2 Å². The molecule has 2 heterocycles. The van der Waals surface area contributed by atoms with E-state index >= 15 is 0 Å². The average molecular weight is 398 g/mol. The van der Waals surface area contributed by atoms with E-state index in [0.29, 0.717) is 28.2 Å². The van der Waals surface area contributed by atoms with Crippen LogP contribution in [0.5, 0.6) is 0 Å². The molecule has 1 amide bonds. The van der Waals surface area contributed by atoms with E-state index in [1.165, 1.54) is 23.1 Å². The molecule has 3 aromatic rings. The first-order valence-electron chi connectivity index (χ1n) is 8.37. The Kier molecular flexibility index (Phi) is 5.68. The van der Waals surface area contributed by atoms with Crippen LogP contribution in [0.4, 0.5) is 5.69 Å². The molecule has 0 saturated carbocycles. The van der Waals surface area contributed by atoms with Gasteiger partial charge < -0.3 is 10.3 Å². The zero-order chi connectivity index (χ0) is 19.6. The molecule has 1 aromatic carbocycles. The molecule has 0 aliphatic rings. The Morgan fingerprint density at radius 2 is 2.22 bits per heavy atom. The molecule has 2 N–H and O–H groups in total. The third-order valence-corrected chi connectivity index (χ3v) is 6.48. The van der Waals surface area contributed by atoms with E-state index in [0.717, 1.165) is 15.3 Å². The second-order valence-electron chi connectivity index (χ2n) is 6.14. The van der Waals surface area contributed by atoms with Gasteiger partial charge in [-0.15, -0.1) is 29.5 Å². The lowest BCUT2D eigenvalue weighted by molar-refractivity contribution is -0.115. The van der Waals surface area contributed by atoms with E-state index < -0.39 is 0 Å². The highest BCUT2D eigenvalue weighted by molar-refractivity contribution is 7.99. The fraction of sp³-hybridized carbons (Fsp3) is 0.250. The fourth-order valence-corrected chi connectivity index (χ4v) is 4.38. The Bertz CT molecular complexity index is 1110. The van der Waals surface area contributed by atoms with Crippen molar-refractivity contribution in [1.82, 2.24) is 9.97 Å². The highest BCUT2D eigenvalue weighted by atomic mass is 32.2. The number of H-pyrrole nitrogens is 1. The van der Waals surface area contributed by atoms with E-state index in [-0.39, 0.29) is 16.7 Å². The number of aryl methyl sites for hydroxylation is 2. The van der Waals surface area contributed by atoms with Gasteiger partial charge in [-0.2, -0.15) is 0 Å². The van der Waals surface area contributed by atoms with Gasteiger partial charge in [-0.3, -0.25) is 9.59 Å². The number of amides is 1. The van der Waals surface area contributed by atoms with Gasteiger partial charge in [0.1, 0.15) is 10.7 Å². The van der Waals surface area contributed by atoms with Crippen molar-refractivity contribution >= 4 is 44.9 Å². The van der Waals surface area contributed by atoms with E-state index in [4.69, 9.17) is 6.42 Å². The highest BCUT2D eigenvalue weighted by Crippen LogP contribution is 2.26. The monoisotopic (exact) mass is 397 g/mol. The number of thiophene rings is 1. The topological polar surface area (TPSA) is 74.8 Å². The maximum atomic E-state index is 12.4. The van der Waals surface area contributed by atoms with Crippen molar-refractivity contribution < 1.29 is 4.79 Å². The number of carbonyl (C=O) groups is 1. The number of terminal acetylenes is 1. The normalized spacial score (nSPS) is 11.9. The molecule has 27 heavy (non-hydrogen) atoms. The Hall–Kier alpha value is -2.56. The van der Waals surface area contributed by atoms with Crippen LogP contribution in [0.1, 0.15) is 28.8 Å². The van der Waals surface area contributed by atoms with Crippen LogP contribution in [0.3, 0.4) is 0 Å². The SMILES string of the molecule is C#Cc1cccc(NC(=O)C(C)SCc2nc3sc(C)c(C)c3c(=O)[nH]2)c1. The molecule has 7 heteroatoms. The van der Waals surface area contributed by atoms with Crippen LogP contribution in [-0.2, 0) is 10.5 Å². The van der Waals surface area contributed by atoms with Gasteiger partial charge >= 0.3 is 0 Å². The van der Waals surface area contributed by atoms with Crippen molar-refractivity contribution in [2.75, 3.05) is 5.32 Å². The minimum Gasteiger partial charge on any atom is -0.325 e. The van der Waals surface area contributed by atoms with Crippen LogP contribution < -0.4 is 10.9 Å². The molecule has 0 saturated heterocycles. The number of benzene rings is 1. The predicted molar refractivity (Wildman–Crippen MR) is 113 cm³/mol. The van der Waals surface area contributed by atoms with Gasteiger partial charge in [-0.1, -0.05) is 12.0 Å². The second kappa shape index (κ2) is 7.99. The number of carbonyl (C=O) groups excluding carboxylic acids is 1. The summed E-state index contributed by atoms with van der Waals surface area (Å²) < 4.78 is 0. The Labute approximate surface area is 165 Å². The summed E-state index contributed by atoms with van der Waals surface area (Å²) >= 11 is 2.93. The van der Waals surface area contributed by atoms with Crippen LogP contribution >= 0.6 is 23.1 Å². The second-order valence-corrected chi connectivity index (χ2v) is 8.68. The molecule has 0 radical (unpaired) electrons. The number of aromatic amines is 1. The van der Waals surface area contributed by atoms with Gasteiger partial charge in [-0.25, -0.2) is 4.98 Å². The molecule has 1 unspecified atom stereocenters. The lowest BCUT2D eigenvalue weighted by atomic mass is 10.2. The summed E-state index contributed by atoms with van der Waals surface area (Å²) in [5, 5.41) is 3.20. The summed E-state index contributed by atoms with van der Waals surface area (Å²) in [5.41, 5.74) is 2.23. The number of nitrogens with one attached hydrogen (secondary N) is 2. The minimum atomic E-state index is -0.313. The summed E-state index contributed by atoms with van der Waals surface area (Å²) in [6.45, 7) is 5.74. The number of thioether (sulfide) groups is 1. The van der Waals surface area contributed by atoms with Crippen LogP contribution in [0.2, 0.25) is 0 Å². The molecular formula is C20H19N3O2S2. The number of hydrogen-bond acceptors (Lipinski definition) is 5. The number of rotatable bonds is 5. The lowest BCUT2D eigenvalue weighted by Gasteiger charge is -2.12. The van der Waals surface area contributed by atoms with Crippen molar-refractivity contribution in [2.45, 2.75) is 31.8 Å². The van der Waals surface area contributed by atoms with Crippen LogP contribution in [-0.4, -0.2) is 21.1 Å². The van der Waals surface area contributed by atoms with E-state index in [1.807, 2.05) is 20.8 Å². The molecule has 5 nitrogen and oxygen atoms in total.